The largest absolute Gasteiger partial charge is 0.497 e. The van der Waals surface area contributed by atoms with Crippen molar-refractivity contribution in [1.82, 2.24) is 14.1 Å². The standard InChI is InChI=1S/C26H24N4O5/c1-34-22-14-8-19(9-15-22)16-29-24(27-21-12-10-20(11-13-21)23(31)35-2)28-25(32)30(26(29)33)17-18-6-4-3-5-7-18/h3-15H,16-17H2,1-2H3,(H,27,28,32). The van der Waals surface area contributed by atoms with Crippen molar-refractivity contribution in [3.63, 3.8) is 0 Å². The number of ether oxygens (including phenoxy) is 2. The van der Waals surface area contributed by atoms with E-state index in [0.717, 1.165) is 15.7 Å². The average Bonchev–Trinajstić information content (AvgIpc) is 2.89. The first-order chi connectivity index (χ1) is 17.0. The molecule has 0 aliphatic rings. The molecule has 1 aromatic heterocycles. The van der Waals surface area contributed by atoms with Crippen LogP contribution in [0.3, 0.4) is 0 Å². The number of benzene rings is 3. The van der Waals surface area contributed by atoms with Crippen molar-refractivity contribution in [3.8, 4) is 5.75 Å². The second-order valence-electron chi connectivity index (χ2n) is 7.70. The second-order valence-corrected chi connectivity index (χ2v) is 7.70. The van der Waals surface area contributed by atoms with Crippen LogP contribution in [0.5, 0.6) is 5.75 Å². The molecule has 4 rings (SSSR count). The molecule has 0 aliphatic heterocycles. The number of hydrogen-bond acceptors (Lipinski definition) is 7. The minimum Gasteiger partial charge on any atom is -0.497 e. The number of esters is 1. The van der Waals surface area contributed by atoms with Gasteiger partial charge in [-0.15, -0.1) is 0 Å². The summed E-state index contributed by atoms with van der Waals surface area (Å²) in [5, 5.41) is 3.03. The smallest absolute Gasteiger partial charge is 0.355 e. The van der Waals surface area contributed by atoms with Gasteiger partial charge >= 0.3 is 17.3 Å². The Labute approximate surface area is 201 Å². The molecule has 1 heterocycles. The molecule has 0 saturated carbocycles. The van der Waals surface area contributed by atoms with Gasteiger partial charge in [-0.2, -0.15) is 4.98 Å². The molecule has 4 aromatic rings. The maximum absolute atomic E-state index is 13.5. The van der Waals surface area contributed by atoms with Crippen molar-refractivity contribution in [2.75, 3.05) is 19.5 Å². The van der Waals surface area contributed by atoms with Crippen LogP contribution in [0.15, 0.2) is 88.5 Å². The van der Waals surface area contributed by atoms with E-state index in [1.807, 2.05) is 42.5 Å². The number of anilines is 2. The Morgan fingerprint density at radius 2 is 1.46 bits per heavy atom. The molecule has 0 saturated heterocycles. The highest BCUT2D eigenvalue weighted by molar-refractivity contribution is 5.89. The fourth-order valence-corrected chi connectivity index (χ4v) is 3.52. The predicted octanol–water partition coefficient (Wildman–Crippen LogP) is 3.04. The van der Waals surface area contributed by atoms with Gasteiger partial charge in [-0.1, -0.05) is 42.5 Å². The first kappa shape index (κ1) is 23.5. The lowest BCUT2D eigenvalue weighted by Gasteiger charge is -2.16. The third kappa shape index (κ3) is 5.47. The Balaban J connectivity index is 1.74. The van der Waals surface area contributed by atoms with Gasteiger partial charge in [-0.3, -0.25) is 4.57 Å². The van der Waals surface area contributed by atoms with E-state index in [0.29, 0.717) is 17.0 Å². The number of carbonyl (C=O) groups is 1. The van der Waals surface area contributed by atoms with Gasteiger partial charge in [-0.25, -0.2) is 19.0 Å². The molecule has 178 valence electrons. The zero-order valence-corrected chi connectivity index (χ0v) is 19.3. The fraction of sp³-hybridized carbons (Fsp3) is 0.154. The van der Waals surface area contributed by atoms with Crippen LogP contribution in [0.2, 0.25) is 0 Å². The molecule has 35 heavy (non-hydrogen) atoms. The van der Waals surface area contributed by atoms with E-state index in [1.54, 1.807) is 43.5 Å². The van der Waals surface area contributed by atoms with Crippen LogP contribution >= 0.6 is 0 Å². The molecule has 0 atom stereocenters. The molecule has 0 spiro atoms. The number of carbonyl (C=O) groups excluding carboxylic acids is 1. The van der Waals surface area contributed by atoms with Crippen LogP contribution in [0.25, 0.3) is 0 Å². The summed E-state index contributed by atoms with van der Waals surface area (Å²) in [5.41, 5.74) is 1.39. The van der Waals surface area contributed by atoms with E-state index >= 15 is 0 Å². The molecule has 0 unspecified atom stereocenters. The maximum Gasteiger partial charge on any atom is 0.355 e. The van der Waals surface area contributed by atoms with Gasteiger partial charge in [0, 0.05) is 5.69 Å². The van der Waals surface area contributed by atoms with Crippen LogP contribution in [0, 0.1) is 0 Å². The SMILES string of the molecule is COC(=O)c1ccc(Nc2nc(=O)n(Cc3ccccc3)c(=O)n2Cc2ccc(OC)cc2)cc1. The molecule has 0 radical (unpaired) electrons. The molecule has 9 nitrogen and oxygen atoms in total. The van der Waals surface area contributed by atoms with Gasteiger partial charge in [0.2, 0.25) is 5.95 Å². The molecule has 0 bridgehead atoms. The molecular weight excluding hydrogens is 448 g/mol. The van der Waals surface area contributed by atoms with E-state index in [-0.39, 0.29) is 19.0 Å². The topological polar surface area (TPSA) is 104 Å². The van der Waals surface area contributed by atoms with Crippen molar-refractivity contribution in [3.05, 3.63) is 117 Å². The van der Waals surface area contributed by atoms with E-state index in [4.69, 9.17) is 9.47 Å². The first-order valence-electron chi connectivity index (χ1n) is 10.8. The molecule has 3 aromatic carbocycles. The zero-order chi connectivity index (χ0) is 24.8. The van der Waals surface area contributed by atoms with Crippen molar-refractivity contribution in [2.24, 2.45) is 0 Å². The number of nitrogens with zero attached hydrogens (tertiary/aromatic N) is 3. The lowest BCUT2D eigenvalue weighted by molar-refractivity contribution is 0.0601. The number of methoxy groups -OCH3 is 2. The molecule has 0 amide bonds. The van der Waals surface area contributed by atoms with Crippen molar-refractivity contribution in [1.29, 1.82) is 0 Å². The second kappa shape index (κ2) is 10.5. The van der Waals surface area contributed by atoms with Crippen molar-refractivity contribution < 1.29 is 14.3 Å². The van der Waals surface area contributed by atoms with Gasteiger partial charge < -0.3 is 14.8 Å². The summed E-state index contributed by atoms with van der Waals surface area (Å²) in [6, 6.07) is 23.0. The van der Waals surface area contributed by atoms with E-state index in [2.05, 4.69) is 10.3 Å². The lowest BCUT2D eigenvalue weighted by atomic mass is 10.2. The van der Waals surface area contributed by atoms with Crippen LogP contribution in [0.4, 0.5) is 11.6 Å². The minimum atomic E-state index is -0.668. The minimum absolute atomic E-state index is 0.0888. The monoisotopic (exact) mass is 472 g/mol. The molecule has 1 N–H and O–H groups in total. The molecular formula is C26H24N4O5. The summed E-state index contributed by atoms with van der Waals surface area (Å²) in [5.74, 6) is 0.317. The fourth-order valence-electron chi connectivity index (χ4n) is 3.52. The predicted molar refractivity (Wildman–Crippen MR) is 131 cm³/mol. The maximum atomic E-state index is 13.5. The van der Waals surface area contributed by atoms with E-state index in [1.165, 1.54) is 11.7 Å². The molecule has 0 fully saturated rings. The lowest BCUT2D eigenvalue weighted by Crippen LogP contribution is -2.43. The Bertz CT molecular complexity index is 1430. The third-order valence-electron chi connectivity index (χ3n) is 5.40. The van der Waals surface area contributed by atoms with Gasteiger partial charge in [0.25, 0.3) is 0 Å². The Hall–Kier alpha value is -4.66. The summed E-state index contributed by atoms with van der Waals surface area (Å²) < 4.78 is 12.4. The average molecular weight is 473 g/mol. The number of nitrogens with one attached hydrogen (secondary N) is 1. The van der Waals surface area contributed by atoms with Crippen molar-refractivity contribution in [2.45, 2.75) is 13.1 Å². The van der Waals surface area contributed by atoms with Gasteiger partial charge in [0.15, 0.2) is 0 Å². The molecule has 9 heteroatoms. The number of hydrogen-bond donors (Lipinski definition) is 1. The first-order valence-corrected chi connectivity index (χ1v) is 10.8. The highest BCUT2D eigenvalue weighted by Gasteiger charge is 2.15. The number of aromatic nitrogens is 3. The van der Waals surface area contributed by atoms with E-state index in [9.17, 15) is 14.4 Å². The molecule has 0 aliphatic carbocycles. The zero-order valence-electron chi connectivity index (χ0n) is 19.3. The van der Waals surface area contributed by atoms with Gasteiger partial charge in [0.05, 0.1) is 32.9 Å². The van der Waals surface area contributed by atoms with Crippen LogP contribution in [0.1, 0.15) is 21.5 Å². The van der Waals surface area contributed by atoms with Gasteiger partial charge in [0.1, 0.15) is 5.75 Å². The quantitative estimate of drug-likeness (QED) is 0.393. The van der Waals surface area contributed by atoms with Crippen LogP contribution in [-0.2, 0) is 17.8 Å². The van der Waals surface area contributed by atoms with Crippen molar-refractivity contribution >= 4 is 17.6 Å². The summed E-state index contributed by atoms with van der Waals surface area (Å²) in [6.45, 7) is 0.274. The van der Waals surface area contributed by atoms with Crippen LogP contribution < -0.4 is 21.4 Å². The summed E-state index contributed by atoms with van der Waals surface area (Å²) >= 11 is 0. The summed E-state index contributed by atoms with van der Waals surface area (Å²) in [7, 11) is 2.89. The third-order valence-corrected chi connectivity index (χ3v) is 5.40. The summed E-state index contributed by atoms with van der Waals surface area (Å²) in [4.78, 5) is 42.2. The van der Waals surface area contributed by atoms with Crippen LogP contribution in [-0.4, -0.2) is 34.3 Å². The Kier molecular flexibility index (Phi) is 7.06. The Morgan fingerprint density at radius 1 is 0.829 bits per heavy atom. The Morgan fingerprint density at radius 3 is 2.09 bits per heavy atom. The highest BCUT2D eigenvalue weighted by atomic mass is 16.5. The normalized spacial score (nSPS) is 10.6. The van der Waals surface area contributed by atoms with Gasteiger partial charge in [-0.05, 0) is 47.5 Å². The summed E-state index contributed by atoms with van der Waals surface area (Å²) in [6.07, 6.45) is 0. The number of rotatable bonds is 8. The highest BCUT2D eigenvalue weighted by Crippen LogP contribution is 2.17. The van der Waals surface area contributed by atoms with E-state index < -0.39 is 17.3 Å².